The summed E-state index contributed by atoms with van der Waals surface area (Å²) in [7, 11) is -4.41. The van der Waals surface area contributed by atoms with Crippen molar-refractivity contribution in [2.45, 2.75) is 19.2 Å². The van der Waals surface area contributed by atoms with Crippen LogP contribution in [0.4, 0.5) is 0 Å². The molecule has 0 aromatic carbocycles. The van der Waals surface area contributed by atoms with Crippen LogP contribution in [-0.4, -0.2) is 75.5 Å². The van der Waals surface area contributed by atoms with Gasteiger partial charge in [0, 0.05) is 0 Å². The minimum atomic E-state index is -4.41. The van der Waals surface area contributed by atoms with Gasteiger partial charge in [-0.1, -0.05) is 6.58 Å². The third-order valence-corrected chi connectivity index (χ3v) is 3.08. The summed E-state index contributed by atoms with van der Waals surface area (Å²) >= 11 is 0. The van der Waals surface area contributed by atoms with Crippen LogP contribution in [0.5, 0.6) is 0 Å². The molecule has 0 spiro atoms. The number of nitrogens with two attached hydrogens (primary N) is 1. The van der Waals surface area contributed by atoms with Crippen molar-refractivity contribution in [1.82, 2.24) is 0 Å². The molecule has 0 aromatic heterocycles. The van der Waals surface area contributed by atoms with Crippen LogP contribution in [0.1, 0.15) is 13.8 Å². The van der Waals surface area contributed by atoms with Crippen molar-refractivity contribution in [2.75, 3.05) is 0 Å². The predicted octanol–water partition coefficient (Wildman–Crippen LogP) is -0.708. The van der Waals surface area contributed by atoms with Crippen molar-refractivity contribution in [3.05, 3.63) is 12.7 Å². The quantitative estimate of drug-likeness (QED) is 0.388. The topological polar surface area (TPSA) is 97.5 Å². The Morgan fingerprint density at radius 2 is 1.93 bits per heavy atom. The van der Waals surface area contributed by atoms with Gasteiger partial charge in [0.1, 0.15) is 5.37 Å². The van der Waals surface area contributed by atoms with Gasteiger partial charge in [0.2, 0.25) is 0 Å². The molecule has 0 heterocycles. The van der Waals surface area contributed by atoms with E-state index in [4.69, 9.17) is 10.3 Å². The average molecular weight is 247 g/mol. The first-order valence-electron chi connectivity index (χ1n) is 3.52. The summed E-state index contributed by atoms with van der Waals surface area (Å²) in [4.78, 5) is 11.1. The molecule has 0 fully saturated rings. The fourth-order valence-corrected chi connectivity index (χ4v) is 1.64. The normalized spacial score (nSPS) is 14.0. The van der Waals surface area contributed by atoms with Gasteiger partial charge in [-0.3, -0.25) is 9.35 Å². The number of carbonyl (C=O) groups is 1. The van der Waals surface area contributed by atoms with Gasteiger partial charge in [-0.2, -0.15) is 8.42 Å². The van der Waals surface area contributed by atoms with Crippen molar-refractivity contribution in [3.8, 4) is 0 Å². The Kier molecular flexibility index (Phi) is 7.24. The number of hydrogen-bond donors (Lipinski definition) is 2. The summed E-state index contributed by atoms with van der Waals surface area (Å²) in [6, 6.07) is 0. The average Bonchev–Trinajstić information content (AvgIpc) is 1.99. The molecule has 0 aromatic rings. The molecule has 0 bridgehead atoms. The first-order valence-corrected chi connectivity index (χ1v) is 5.03. The van der Waals surface area contributed by atoms with Gasteiger partial charge in [-0.05, 0) is 19.9 Å². The molecule has 0 aliphatic carbocycles. The second-order valence-corrected chi connectivity index (χ2v) is 4.76. The molecule has 5 nitrogen and oxygen atoms in total. The fraction of sp³-hybridized carbons (Fsp3) is 0.571. The van der Waals surface area contributed by atoms with Crippen molar-refractivity contribution >= 4 is 67.3 Å². The van der Waals surface area contributed by atoms with Crippen LogP contribution in [0.2, 0.25) is 0 Å². The van der Waals surface area contributed by atoms with Gasteiger partial charge in [-0.25, -0.2) is 0 Å². The standard InChI is InChI=1S/C7H13NO4S.K.H/c1-4-5(9)7(2,3)6(8)13(10,11)12;;/h4,6H,1,8H2,2-3H3,(H,10,11,12);;. The number of rotatable bonds is 4. The summed E-state index contributed by atoms with van der Waals surface area (Å²) in [6.45, 7) is 5.87. The Hall–Kier alpha value is 0.916. The van der Waals surface area contributed by atoms with Crippen LogP contribution in [0.15, 0.2) is 12.7 Å². The zero-order valence-corrected chi connectivity index (χ0v) is 8.34. The molecule has 0 aliphatic rings. The van der Waals surface area contributed by atoms with E-state index in [9.17, 15) is 13.2 Å². The molecule has 0 amide bonds. The van der Waals surface area contributed by atoms with Crippen molar-refractivity contribution in [3.63, 3.8) is 0 Å². The minimum absolute atomic E-state index is 0. The molecular weight excluding hydrogens is 233 g/mol. The molecule has 0 saturated carbocycles. The number of allylic oxidation sites excluding steroid dienone is 1. The molecule has 78 valence electrons. The monoisotopic (exact) mass is 247 g/mol. The van der Waals surface area contributed by atoms with Gasteiger partial charge in [0.25, 0.3) is 10.1 Å². The zero-order valence-electron chi connectivity index (χ0n) is 7.52. The van der Waals surface area contributed by atoms with E-state index in [0.717, 1.165) is 6.08 Å². The van der Waals surface area contributed by atoms with Crippen molar-refractivity contribution < 1.29 is 17.8 Å². The summed E-state index contributed by atoms with van der Waals surface area (Å²) in [6.07, 6.45) is 0.977. The maximum atomic E-state index is 11.1. The maximum absolute atomic E-state index is 11.1. The molecular formula is C7H14KNO4S. The molecule has 3 N–H and O–H groups in total. The second kappa shape index (κ2) is 5.85. The predicted molar refractivity (Wildman–Crippen MR) is 55.7 cm³/mol. The summed E-state index contributed by atoms with van der Waals surface area (Å²) in [5.41, 5.74) is 3.83. The molecule has 0 aliphatic heterocycles. The van der Waals surface area contributed by atoms with Crippen LogP contribution in [0, 0.1) is 5.41 Å². The van der Waals surface area contributed by atoms with Gasteiger partial charge in [0.05, 0.1) is 5.41 Å². The third kappa shape index (κ3) is 4.19. The number of ketones is 1. The summed E-state index contributed by atoms with van der Waals surface area (Å²) < 4.78 is 29.9. The molecule has 14 heavy (non-hydrogen) atoms. The fourth-order valence-electron chi connectivity index (χ4n) is 0.776. The molecule has 0 radical (unpaired) electrons. The van der Waals surface area contributed by atoms with E-state index in [1.165, 1.54) is 13.8 Å². The van der Waals surface area contributed by atoms with E-state index in [2.05, 4.69) is 6.58 Å². The van der Waals surface area contributed by atoms with Gasteiger partial charge in [-0.15, -0.1) is 0 Å². The summed E-state index contributed by atoms with van der Waals surface area (Å²) in [5, 5.41) is -1.63. The van der Waals surface area contributed by atoms with E-state index in [1.807, 2.05) is 0 Å². The van der Waals surface area contributed by atoms with Crippen LogP contribution in [0.25, 0.3) is 0 Å². The Balaban J connectivity index is 0. The van der Waals surface area contributed by atoms with E-state index < -0.39 is 26.7 Å². The molecule has 1 unspecified atom stereocenters. The SMILES string of the molecule is C=CC(=O)C(C)(C)C(N)S(=O)(=O)O.[KH]. The molecule has 0 rings (SSSR count). The van der Waals surface area contributed by atoms with Gasteiger partial charge < -0.3 is 5.73 Å². The Labute approximate surface area is 126 Å². The Morgan fingerprint density at radius 1 is 1.57 bits per heavy atom. The van der Waals surface area contributed by atoms with Gasteiger partial charge in [0.15, 0.2) is 5.78 Å². The molecule has 0 saturated heterocycles. The first kappa shape index (κ1) is 17.3. The van der Waals surface area contributed by atoms with Crippen molar-refractivity contribution in [2.24, 2.45) is 11.1 Å². The van der Waals surface area contributed by atoms with Gasteiger partial charge >= 0.3 is 51.4 Å². The van der Waals surface area contributed by atoms with Crippen LogP contribution in [0.3, 0.4) is 0 Å². The Bertz CT molecular complexity index is 323. The first-order chi connectivity index (χ1) is 5.64. The molecule has 7 heteroatoms. The third-order valence-electron chi connectivity index (χ3n) is 1.85. The van der Waals surface area contributed by atoms with E-state index in [0.29, 0.717) is 0 Å². The van der Waals surface area contributed by atoms with E-state index >= 15 is 0 Å². The zero-order chi connectivity index (χ0) is 10.9. The van der Waals surface area contributed by atoms with Crippen LogP contribution < -0.4 is 5.73 Å². The summed E-state index contributed by atoms with van der Waals surface area (Å²) in [5.74, 6) is -0.530. The van der Waals surface area contributed by atoms with Crippen LogP contribution in [-0.2, 0) is 14.9 Å². The van der Waals surface area contributed by atoms with Crippen LogP contribution >= 0.6 is 0 Å². The second-order valence-electron chi connectivity index (χ2n) is 3.23. The molecule has 1 atom stereocenters. The van der Waals surface area contributed by atoms with E-state index in [-0.39, 0.29) is 51.4 Å². The number of hydrogen-bond acceptors (Lipinski definition) is 4. The van der Waals surface area contributed by atoms with Crippen molar-refractivity contribution in [1.29, 1.82) is 0 Å². The number of carbonyl (C=O) groups excluding carboxylic acids is 1. The Morgan fingerprint density at radius 3 is 2.14 bits per heavy atom. The van der Waals surface area contributed by atoms with E-state index in [1.54, 1.807) is 0 Å².